The van der Waals surface area contributed by atoms with Crippen molar-refractivity contribution in [3.63, 3.8) is 0 Å². The zero-order valence-electron chi connectivity index (χ0n) is 13.6. The molecule has 0 N–H and O–H groups in total. The van der Waals surface area contributed by atoms with Crippen molar-refractivity contribution in [3.8, 4) is 0 Å². The quantitative estimate of drug-likeness (QED) is 0.839. The van der Waals surface area contributed by atoms with Gasteiger partial charge in [0.2, 0.25) is 0 Å². The summed E-state index contributed by atoms with van der Waals surface area (Å²) < 4.78 is 12.1. The van der Waals surface area contributed by atoms with Crippen LogP contribution in [0.4, 0.5) is 5.69 Å². The van der Waals surface area contributed by atoms with Crippen LogP contribution in [0.15, 0.2) is 21.6 Å². The highest BCUT2D eigenvalue weighted by Gasteiger charge is 2.24. The van der Waals surface area contributed by atoms with Gasteiger partial charge in [-0.25, -0.2) is 4.68 Å². The van der Waals surface area contributed by atoms with Crippen molar-refractivity contribution in [2.75, 3.05) is 24.6 Å². The Morgan fingerprint density at radius 2 is 2.08 bits per heavy atom. The third kappa shape index (κ3) is 3.19. The van der Waals surface area contributed by atoms with Crippen LogP contribution >= 0.6 is 0 Å². The van der Waals surface area contributed by atoms with Crippen molar-refractivity contribution in [1.29, 1.82) is 0 Å². The van der Waals surface area contributed by atoms with E-state index in [0.717, 1.165) is 51.1 Å². The molecule has 2 fully saturated rings. The molecule has 4 rings (SSSR count). The van der Waals surface area contributed by atoms with Crippen molar-refractivity contribution in [2.45, 2.75) is 44.8 Å². The molecule has 2 aromatic rings. The first-order chi connectivity index (χ1) is 11.8. The van der Waals surface area contributed by atoms with Crippen molar-refractivity contribution in [3.05, 3.63) is 34.3 Å². The van der Waals surface area contributed by atoms with E-state index in [1.54, 1.807) is 12.3 Å². The molecule has 8 heteroatoms. The van der Waals surface area contributed by atoms with Crippen molar-refractivity contribution < 1.29 is 9.26 Å². The summed E-state index contributed by atoms with van der Waals surface area (Å²) in [5.41, 5.74) is 0.741. The summed E-state index contributed by atoms with van der Waals surface area (Å²) in [6, 6.07) is 1.64. The van der Waals surface area contributed by atoms with Gasteiger partial charge in [-0.1, -0.05) is 5.16 Å². The van der Waals surface area contributed by atoms with Gasteiger partial charge < -0.3 is 14.2 Å². The Morgan fingerprint density at radius 3 is 2.83 bits per heavy atom. The molecule has 0 radical (unpaired) electrons. The van der Waals surface area contributed by atoms with Crippen molar-refractivity contribution in [2.24, 2.45) is 0 Å². The molecule has 24 heavy (non-hydrogen) atoms. The average molecular weight is 331 g/mol. The monoisotopic (exact) mass is 331 g/mol. The fourth-order valence-electron chi connectivity index (χ4n) is 3.24. The Kier molecular flexibility index (Phi) is 4.29. The third-order valence-electron chi connectivity index (χ3n) is 4.56. The average Bonchev–Trinajstić information content (AvgIpc) is 3.29. The predicted octanol–water partition coefficient (Wildman–Crippen LogP) is 1.52. The first-order valence-electron chi connectivity index (χ1n) is 8.56. The van der Waals surface area contributed by atoms with Crippen molar-refractivity contribution >= 4 is 5.69 Å². The van der Waals surface area contributed by atoms with Crippen LogP contribution in [0, 0.1) is 0 Å². The minimum Gasteiger partial charge on any atom is -0.370 e. The molecular weight excluding hydrogens is 310 g/mol. The minimum absolute atomic E-state index is 0.114. The molecule has 2 saturated heterocycles. The molecule has 0 aliphatic carbocycles. The van der Waals surface area contributed by atoms with Crippen LogP contribution in [0.25, 0.3) is 0 Å². The lowest BCUT2D eigenvalue weighted by molar-refractivity contribution is 0.0835. The van der Waals surface area contributed by atoms with Gasteiger partial charge in [0, 0.05) is 25.8 Å². The Labute approximate surface area is 139 Å². The van der Waals surface area contributed by atoms with Crippen LogP contribution in [0.3, 0.4) is 0 Å². The van der Waals surface area contributed by atoms with Crippen LogP contribution in [0.5, 0.6) is 0 Å². The zero-order valence-corrected chi connectivity index (χ0v) is 13.6. The molecule has 4 heterocycles. The van der Waals surface area contributed by atoms with Gasteiger partial charge in [0.1, 0.15) is 12.6 Å². The van der Waals surface area contributed by atoms with Gasteiger partial charge in [-0.2, -0.15) is 10.1 Å². The molecule has 0 saturated carbocycles. The highest BCUT2D eigenvalue weighted by molar-refractivity contribution is 5.43. The summed E-state index contributed by atoms with van der Waals surface area (Å²) in [5, 5.41) is 8.20. The molecule has 0 aromatic carbocycles. The van der Waals surface area contributed by atoms with Gasteiger partial charge in [-0.15, -0.1) is 0 Å². The van der Waals surface area contributed by atoms with E-state index in [1.165, 1.54) is 11.1 Å². The maximum atomic E-state index is 12.3. The topological polar surface area (TPSA) is 86.3 Å². The summed E-state index contributed by atoms with van der Waals surface area (Å²) >= 11 is 0. The number of hydrogen-bond acceptors (Lipinski definition) is 7. The summed E-state index contributed by atoms with van der Waals surface area (Å²) in [4.78, 5) is 18.9. The second-order valence-corrected chi connectivity index (χ2v) is 6.31. The Hall–Kier alpha value is -2.22. The van der Waals surface area contributed by atoms with E-state index >= 15 is 0 Å². The van der Waals surface area contributed by atoms with E-state index in [4.69, 9.17) is 9.26 Å². The van der Waals surface area contributed by atoms with E-state index in [-0.39, 0.29) is 18.2 Å². The molecule has 0 unspecified atom stereocenters. The van der Waals surface area contributed by atoms with Crippen LogP contribution in [-0.2, 0) is 11.3 Å². The summed E-state index contributed by atoms with van der Waals surface area (Å²) in [5.74, 6) is 0.932. The maximum absolute atomic E-state index is 12.3. The molecule has 2 aromatic heterocycles. The highest BCUT2D eigenvalue weighted by atomic mass is 16.5. The van der Waals surface area contributed by atoms with Crippen LogP contribution in [0.2, 0.25) is 0 Å². The minimum atomic E-state index is -0.151. The molecule has 2 aliphatic heterocycles. The van der Waals surface area contributed by atoms with E-state index in [2.05, 4.69) is 20.1 Å². The summed E-state index contributed by atoms with van der Waals surface area (Å²) in [6.07, 6.45) is 7.11. The second-order valence-electron chi connectivity index (χ2n) is 6.31. The normalized spacial score (nSPS) is 21.3. The number of hydrogen-bond donors (Lipinski definition) is 0. The molecular formula is C16H21N5O3. The number of anilines is 1. The second kappa shape index (κ2) is 6.72. The number of nitrogens with zero attached hydrogens (tertiary/aromatic N) is 5. The number of aromatic nitrogens is 4. The number of rotatable bonds is 4. The smallest absolute Gasteiger partial charge is 0.269 e. The van der Waals surface area contributed by atoms with E-state index in [9.17, 15) is 4.79 Å². The SMILES string of the molecule is O=c1cc(N2CCCCC2)cnn1Cc1noc([C@@H]2CCCO2)n1. The van der Waals surface area contributed by atoms with Crippen LogP contribution in [0.1, 0.15) is 49.9 Å². The number of ether oxygens (including phenoxy) is 1. The molecule has 0 spiro atoms. The van der Waals surface area contributed by atoms with Crippen LogP contribution < -0.4 is 10.5 Å². The molecule has 128 valence electrons. The fourth-order valence-corrected chi connectivity index (χ4v) is 3.24. The lowest BCUT2D eigenvalue weighted by Gasteiger charge is -2.28. The first-order valence-corrected chi connectivity index (χ1v) is 8.56. The first kappa shape index (κ1) is 15.3. The maximum Gasteiger partial charge on any atom is 0.269 e. The zero-order chi connectivity index (χ0) is 16.4. The highest BCUT2D eigenvalue weighted by Crippen LogP contribution is 2.26. The largest absolute Gasteiger partial charge is 0.370 e. The lowest BCUT2D eigenvalue weighted by atomic mass is 10.1. The lowest BCUT2D eigenvalue weighted by Crippen LogP contribution is -2.32. The Morgan fingerprint density at radius 1 is 1.21 bits per heavy atom. The van der Waals surface area contributed by atoms with E-state index in [1.807, 2.05) is 0 Å². The van der Waals surface area contributed by atoms with E-state index < -0.39 is 0 Å². The Bertz CT molecular complexity index is 744. The Balaban J connectivity index is 1.47. The molecule has 0 amide bonds. The van der Waals surface area contributed by atoms with Gasteiger partial charge in [0.05, 0.1) is 11.9 Å². The van der Waals surface area contributed by atoms with Crippen LogP contribution in [-0.4, -0.2) is 39.6 Å². The molecule has 1 atom stereocenters. The van der Waals surface area contributed by atoms with Gasteiger partial charge >= 0.3 is 0 Å². The standard InChI is InChI=1S/C16H21N5O3/c22-15-9-12(20-6-2-1-3-7-20)10-17-21(15)11-14-18-16(24-19-14)13-5-4-8-23-13/h9-10,13H,1-8,11H2/t13-/m0/s1. The predicted molar refractivity (Wildman–Crippen MR) is 85.9 cm³/mol. The molecule has 0 bridgehead atoms. The number of piperidine rings is 1. The summed E-state index contributed by atoms with van der Waals surface area (Å²) in [7, 11) is 0. The van der Waals surface area contributed by atoms with Gasteiger partial charge in [0.25, 0.3) is 11.4 Å². The van der Waals surface area contributed by atoms with Crippen molar-refractivity contribution in [1.82, 2.24) is 19.9 Å². The molecule has 2 aliphatic rings. The third-order valence-corrected chi connectivity index (χ3v) is 4.56. The van der Waals surface area contributed by atoms with Gasteiger partial charge in [0.15, 0.2) is 5.82 Å². The van der Waals surface area contributed by atoms with E-state index in [0.29, 0.717) is 11.7 Å². The van der Waals surface area contributed by atoms with Gasteiger partial charge in [-0.05, 0) is 32.1 Å². The fraction of sp³-hybridized carbons (Fsp3) is 0.625. The van der Waals surface area contributed by atoms with Gasteiger partial charge in [-0.3, -0.25) is 4.79 Å². The summed E-state index contributed by atoms with van der Waals surface area (Å²) in [6.45, 7) is 2.90. The molecule has 8 nitrogen and oxygen atoms in total.